The molecule has 2 heterocycles. The molecule has 0 radical (unpaired) electrons. The summed E-state index contributed by atoms with van der Waals surface area (Å²) in [5.74, 6) is 0.680. The summed E-state index contributed by atoms with van der Waals surface area (Å²) in [6.07, 6.45) is -0.0621. The van der Waals surface area contributed by atoms with Crippen LogP contribution in [0.25, 0.3) is 21.6 Å². The zero-order valence-corrected chi connectivity index (χ0v) is 26.6. The van der Waals surface area contributed by atoms with E-state index in [9.17, 15) is 4.79 Å². The Morgan fingerprint density at radius 2 is 1.60 bits per heavy atom. The van der Waals surface area contributed by atoms with Gasteiger partial charge in [0.1, 0.15) is 5.75 Å². The molecule has 0 saturated carbocycles. The highest BCUT2D eigenvalue weighted by Gasteiger charge is 2.54. The van der Waals surface area contributed by atoms with Crippen LogP contribution in [0.2, 0.25) is 0 Å². The number of benzene rings is 4. The fourth-order valence-electron chi connectivity index (χ4n) is 5.96. The first-order valence-corrected chi connectivity index (χ1v) is 16.1. The molecule has 11 heteroatoms. The number of aliphatic imine (C=N–C) groups is 1. The van der Waals surface area contributed by atoms with Crippen LogP contribution >= 0.6 is 0 Å². The largest absolute Gasteiger partial charge is 0.494 e. The van der Waals surface area contributed by atoms with E-state index in [0.717, 1.165) is 27.8 Å². The molecule has 6 rings (SSSR count). The molecule has 4 aromatic carbocycles. The van der Waals surface area contributed by atoms with Crippen molar-refractivity contribution in [2.75, 3.05) is 39.5 Å². The Morgan fingerprint density at radius 1 is 0.938 bits per heavy atom. The van der Waals surface area contributed by atoms with Crippen LogP contribution in [-0.2, 0) is 27.2 Å². The Bertz CT molecular complexity index is 1750. The van der Waals surface area contributed by atoms with E-state index >= 15 is 0 Å². The number of morpholine rings is 1. The molecule has 0 bridgehead atoms. The van der Waals surface area contributed by atoms with Crippen LogP contribution in [0.15, 0.2) is 113 Å². The van der Waals surface area contributed by atoms with Crippen molar-refractivity contribution < 1.29 is 24.1 Å². The average molecular weight is 647 g/mol. The van der Waals surface area contributed by atoms with E-state index in [4.69, 9.17) is 29.8 Å². The second-order valence-electron chi connectivity index (χ2n) is 11.7. The number of azide groups is 1. The van der Waals surface area contributed by atoms with E-state index in [0.29, 0.717) is 56.5 Å². The van der Waals surface area contributed by atoms with E-state index < -0.39 is 11.6 Å². The topological polar surface area (TPSA) is 141 Å². The number of hydrogen-bond acceptors (Lipinski definition) is 8. The standard InChI is InChI=1S/C37H38N6O5/c38-42-39-26-32-10-5-4-9-31(32)25-37(36(45)41-43-19-23-46-24-20-43)34(29-13-11-28(12-14-29)27-7-2-1-3-8-27)48-35(40-37)30-15-17-33(18-16-30)47-22-6-21-44/h1-5,7-18,34,44H,6,19-26H2,(H,41,45)/t34-,37-/m0/s1. The third kappa shape index (κ3) is 7.51. The monoisotopic (exact) mass is 646 g/mol. The maximum Gasteiger partial charge on any atom is 0.266 e. The Balaban J connectivity index is 1.43. The van der Waals surface area contributed by atoms with Crippen molar-refractivity contribution in [2.24, 2.45) is 10.1 Å². The van der Waals surface area contributed by atoms with Gasteiger partial charge in [-0.1, -0.05) is 84.0 Å². The van der Waals surface area contributed by atoms with E-state index in [-0.39, 0.29) is 25.5 Å². The second kappa shape index (κ2) is 15.6. The quantitative estimate of drug-likeness (QED) is 0.0816. The van der Waals surface area contributed by atoms with Gasteiger partial charge in [-0.15, -0.1) is 0 Å². The van der Waals surface area contributed by atoms with Gasteiger partial charge in [-0.25, -0.2) is 10.0 Å². The van der Waals surface area contributed by atoms with Crippen molar-refractivity contribution in [1.82, 2.24) is 10.4 Å². The van der Waals surface area contributed by atoms with Crippen LogP contribution in [-0.4, -0.2) is 67.0 Å². The molecule has 1 saturated heterocycles. The van der Waals surface area contributed by atoms with E-state index in [2.05, 4.69) is 27.6 Å². The number of ether oxygens (including phenoxy) is 3. The molecule has 1 fully saturated rings. The number of carbonyl (C=O) groups is 1. The van der Waals surface area contributed by atoms with Gasteiger partial charge in [0.2, 0.25) is 5.90 Å². The van der Waals surface area contributed by atoms with Crippen molar-refractivity contribution >= 4 is 11.8 Å². The van der Waals surface area contributed by atoms with Crippen molar-refractivity contribution in [2.45, 2.75) is 31.0 Å². The van der Waals surface area contributed by atoms with Crippen LogP contribution in [0, 0.1) is 0 Å². The summed E-state index contributed by atoms with van der Waals surface area (Å²) in [6.45, 7) is 2.68. The van der Waals surface area contributed by atoms with E-state index in [1.165, 1.54) is 0 Å². The summed E-state index contributed by atoms with van der Waals surface area (Å²) in [5.41, 5.74) is 16.0. The molecule has 2 aliphatic rings. The number of aliphatic hydroxyl groups is 1. The molecule has 0 unspecified atom stereocenters. The number of hydrogen-bond donors (Lipinski definition) is 2. The second-order valence-corrected chi connectivity index (χ2v) is 11.7. The number of rotatable bonds is 13. The molecule has 0 spiro atoms. The number of nitrogens with zero attached hydrogens (tertiary/aromatic N) is 5. The van der Waals surface area contributed by atoms with Gasteiger partial charge in [-0.05, 0) is 57.6 Å². The molecular weight excluding hydrogens is 608 g/mol. The minimum Gasteiger partial charge on any atom is -0.494 e. The number of hydrazine groups is 1. The summed E-state index contributed by atoms with van der Waals surface area (Å²) in [4.78, 5) is 22.8. The SMILES string of the molecule is [N-]=[N+]=NCc1ccccc1C[C@]1(C(=O)NN2CCOCC2)N=C(c2ccc(OCCCO)cc2)O[C@H]1c1ccc(-c2ccccc2)cc1. The lowest BCUT2D eigenvalue weighted by atomic mass is 9.80. The minimum atomic E-state index is -1.43. The zero-order valence-electron chi connectivity index (χ0n) is 26.6. The molecule has 4 aromatic rings. The zero-order chi connectivity index (χ0) is 33.2. The van der Waals surface area contributed by atoms with Crippen molar-refractivity contribution in [1.29, 1.82) is 0 Å². The van der Waals surface area contributed by atoms with Crippen molar-refractivity contribution in [3.05, 3.63) is 136 Å². The lowest BCUT2D eigenvalue weighted by Crippen LogP contribution is -2.57. The van der Waals surface area contributed by atoms with Crippen molar-refractivity contribution in [3.8, 4) is 16.9 Å². The molecule has 2 aliphatic heterocycles. The van der Waals surface area contributed by atoms with Crippen molar-refractivity contribution in [3.63, 3.8) is 0 Å². The van der Waals surface area contributed by atoms with Gasteiger partial charge in [0.05, 0.1) is 26.4 Å². The summed E-state index contributed by atoms with van der Waals surface area (Å²) in [7, 11) is 0. The molecule has 0 aliphatic carbocycles. The molecule has 0 aromatic heterocycles. The van der Waals surface area contributed by atoms with Gasteiger partial charge in [0, 0.05) is 43.0 Å². The van der Waals surface area contributed by atoms with Crippen LogP contribution in [0.5, 0.6) is 5.75 Å². The number of nitrogens with one attached hydrogen (secondary N) is 1. The molecule has 1 amide bonds. The first-order valence-electron chi connectivity index (χ1n) is 16.1. The summed E-state index contributed by atoms with van der Waals surface area (Å²) >= 11 is 0. The van der Waals surface area contributed by atoms with Gasteiger partial charge in [0.25, 0.3) is 5.91 Å². The highest BCUT2D eigenvalue weighted by Crippen LogP contribution is 2.43. The van der Waals surface area contributed by atoms with Crippen LogP contribution < -0.4 is 10.2 Å². The molecule has 2 atom stereocenters. The van der Waals surface area contributed by atoms with Gasteiger partial charge >= 0.3 is 0 Å². The maximum atomic E-state index is 14.7. The predicted molar refractivity (Wildman–Crippen MR) is 182 cm³/mol. The minimum absolute atomic E-state index is 0.0526. The Morgan fingerprint density at radius 3 is 2.31 bits per heavy atom. The highest BCUT2D eigenvalue weighted by molar-refractivity contribution is 6.01. The first-order chi connectivity index (χ1) is 23.6. The van der Waals surface area contributed by atoms with Gasteiger partial charge in [0.15, 0.2) is 11.6 Å². The van der Waals surface area contributed by atoms with E-state index in [1.807, 2.05) is 96.0 Å². The lowest BCUT2D eigenvalue weighted by molar-refractivity contribution is -0.136. The number of aliphatic hydroxyl groups excluding tert-OH is 1. The van der Waals surface area contributed by atoms with Crippen LogP contribution in [0.1, 0.15) is 34.8 Å². The summed E-state index contributed by atoms with van der Waals surface area (Å²) < 4.78 is 18.0. The third-order valence-electron chi connectivity index (χ3n) is 8.50. The summed E-state index contributed by atoms with van der Waals surface area (Å²) in [6, 6.07) is 33.1. The predicted octanol–water partition coefficient (Wildman–Crippen LogP) is 5.79. The van der Waals surface area contributed by atoms with Crippen LogP contribution in [0.3, 0.4) is 0 Å². The maximum absolute atomic E-state index is 14.7. The van der Waals surface area contributed by atoms with Gasteiger partial charge in [-0.2, -0.15) is 0 Å². The normalized spacial score (nSPS) is 19.1. The smallest absolute Gasteiger partial charge is 0.266 e. The van der Waals surface area contributed by atoms with Gasteiger partial charge in [-0.3, -0.25) is 10.2 Å². The fraction of sp³-hybridized carbons (Fsp3) is 0.297. The lowest BCUT2D eigenvalue weighted by Gasteiger charge is -2.35. The number of carbonyl (C=O) groups excluding carboxylic acids is 1. The summed E-state index contributed by atoms with van der Waals surface area (Å²) in [5, 5.41) is 14.8. The molecule has 246 valence electrons. The molecule has 48 heavy (non-hydrogen) atoms. The molecular formula is C37H38N6O5. The fourth-order valence-corrected chi connectivity index (χ4v) is 5.96. The van der Waals surface area contributed by atoms with Crippen LogP contribution in [0.4, 0.5) is 0 Å². The Hall–Kier alpha value is -5.19. The third-order valence-corrected chi connectivity index (χ3v) is 8.50. The highest BCUT2D eigenvalue weighted by atomic mass is 16.5. The van der Waals surface area contributed by atoms with E-state index in [1.54, 1.807) is 0 Å². The van der Waals surface area contributed by atoms with Gasteiger partial charge < -0.3 is 19.3 Å². The molecule has 11 nitrogen and oxygen atoms in total. The molecule has 2 N–H and O–H groups in total. The number of amides is 1. The average Bonchev–Trinajstić information content (AvgIpc) is 3.53. The first kappa shape index (κ1) is 32.7. The Kier molecular flexibility index (Phi) is 10.6. The Labute approximate surface area is 279 Å².